The Bertz CT molecular complexity index is 514. The van der Waals surface area contributed by atoms with Crippen molar-refractivity contribution in [1.29, 1.82) is 0 Å². The van der Waals surface area contributed by atoms with E-state index in [1.165, 1.54) is 6.07 Å². The van der Waals surface area contributed by atoms with Gasteiger partial charge in [-0.15, -0.1) is 11.6 Å². The minimum absolute atomic E-state index is 0.267. The number of halogens is 3. The molecule has 1 heterocycles. The van der Waals surface area contributed by atoms with Gasteiger partial charge in [0.2, 0.25) is 0 Å². The van der Waals surface area contributed by atoms with Crippen LogP contribution in [-0.4, -0.2) is 4.98 Å². The number of rotatable bonds is 2. The van der Waals surface area contributed by atoms with Crippen molar-refractivity contribution in [3.8, 4) is 11.1 Å². The predicted molar refractivity (Wildman–Crippen MR) is 64.2 cm³/mol. The van der Waals surface area contributed by atoms with Crippen molar-refractivity contribution < 1.29 is 4.39 Å². The van der Waals surface area contributed by atoms with Gasteiger partial charge >= 0.3 is 0 Å². The van der Waals surface area contributed by atoms with Gasteiger partial charge in [-0.2, -0.15) is 0 Å². The molecule has 0 aliphatic carbocycles. The van der Waals surface area contributed by atoms with Gasteiger partial charge in [-0.05, 0) is 18.2 Å². The molecule has 2 aromatic rings. The first-order valence-corrected chi connectivity index (χ1v) is 5.60. The smallest absolute Gasteiger partial charge is 0.137 e. The molecule has 4 heteroatoms. The van der Waals surface area contributed by atoms with E-state index in [4.69, 9.17) is 23.2 Å². The molecule has 1 nitrogen and oxygen atoms in total. The van der Waals surface area contributed by atoms with Gasteiger partial charge in [0.15, 0.2) is 0 Å². The van der Waals surface area contributed by atoms with Gasteiger partial charge in [0, 0.05) is 11.1 Å². The Morgan fingerprint density at radius 3 is 2.44 bits per heavy atom. The van der Waals surface area contributed by atoms with Crippen LogP contribution in [0.4, 0.5) is 4.39 Å². The minimum atomic E-state index is -0.315. The van der Waals surface area contributed by atoms with Crippen molar-refractivity contribution in [2.24, 2.45) is 0 Å². The number of pyridine rings is 1. The first-order chi connectivity index (χ1) is 7.72. The van der Waals surface area contributed by atoms with E-state index in [0.717, 1.165) is 0 Å². The van der Waals surface area contributed by atoms with Crippen LogP contribution in [-0.2, 0) is 5.88 Å². The van der Waals surface area contributed by atoms with E-state index in [2.05, 4.69) is 4.98 Å². The summed E-state index contributed by atoms with van der Waals surface area (Å²) in [6, 6.07) is 9.91. The van der Waals surface area contributed by atoms with Crippen molar-refractivity contribution >= 4 is 23.2 Å². The first kappa shape index (κ1) is 11.4. The molecule has 0 radical (unpaired) electrons. The van der Waals surface area contributed by atoms with E-state index in [0.29, 0.717) is 16.8 Å². The lowest BCUT2D eigenvalue weighted by Gasteiger charge is -2.06. The van der Waals surface area contributed by atoms with E-state index in [9.17, 15) is 4.39 Å². The largest absolute Gasteiger partial charge is 0.239 e. The highest BCUT2D eigenvalue weighted by Gasteiger charge is 2.09. The normalized spacial score (nSPS) is 10.4. The monoisotopic (exact) mass is 255 g/mol. The molecule has 0 saturated carbocycles. The molecule has 0 atom stereocenters. The Kier molecular flexibility index (Phi) is 3.42. The van der Waals surface area contributed by atoms with Gasteiger partial charge in [0.05, 0.1) is 11.6 Å². The Morgan fingerprint density at radius 2 is 1.81 bits per heavy atom. The van der Waals surface area contributed by atoms with Gasteiger partial charge < -0.3 is 0 Å². The third kappa shape index (κ3) is 2.18. The van der Waals surface area contributed by atoms with Gasteiger partial charge in [-0.1, -0.05) is 29.8 Å². The topological polar surface area (TPSA) is 12.9 Å². The van der Waals surface area contributed by atoms with E-state index in [1.54, 1.807) is 30.3 Å². The summed E-state index contributed by atoms with van der Waals surface area (Å²) in [7, 11) is 0. The van der Waals surface area contributed by atoms with Crippen LogP contribution in [0.15, 0.2) is 36.4 Å². The van der Waals surface area contributed by atoms with Crippen molar-refractivity contribution in [1.82, 2.24) is 4.98 Å². The molecule has 0 aliphatic heterocycles. The summed E-state index contributed by atoms with van der Waals surface area (Å²) in [5.41, 5.74) is 1.70. The molecule has 1 aromatic carbocycles. The molecular weight excluding hydrogens is 248 g/mol. The summed E-state index contributed by atoms with van der Waals surface area (Å²) in [5.74, 6) is -0.0260. The number of alkyl halides is 1. The standard InChI is InChI=1S/C12H8Cl2FN/c13-7-8-5-6-10(12(14)16-8)9-3-1-2-4-11(9)15/h1-6H,7H2. The van der Waals surface area contributed by atoms with E-state index in [1.807, 2.05) is 0 Å². The first-order valence-electron chi connectivity index (χ1n) is 4.68. The second-order valence-electron chi connectivity index (χ2n) is 3.25. The Hall–Kier alpha value is -1.12. The zero-order valence-corrected chi connectivity index (χ0v) is 9.76. The summed E-state index contributed by atoms with van der Waals surface area (Å²) in [6.07, 6.45) is 0. The van der Waals surface area contributed by atoms with Gasteiger partial charge in [0.25, 0.3) is 0 Å². The highest BCUT2D eigenvalue weighted by Crippen LogP contribution is 2.28. The minimum Gasteiger partial charge on any atom is -0.239 e. The number of nitrogens with zero attached hydrogens (tertiary/aromatic N) is 1. The molecule has 0 fully saturated rings. The molecule has 0 saturated heterocycles. The highest BCUT2D eigenvalue weighted by molar-refractivity contribution is 6.32. The van der Waals surface area contributed by atoms with Crippen molar-refractivity contribution in [3.05, 3.63) is 53.1 Å². The number of hydrogen-bond donors (Lipinski definition) is 0. The number of benzene rings is 1. The highest BCUT2D eigenvalue weighted by atomic mass is 35.5. The summed E-state index contributed by atoms with van der Waals surface area (Å²) in [4.78, 5) is 4.08. The Balaban J connectivity index is 2.53. The van der Waals surface area contributed by atoms with Gasteiger partial charge in [0.1, 0.15) is 11.0 Å². The fraction of sp³-hybridized carbons (Fsp3) is 0.0833. The van der Waals surface area contributed by atoms with Crippen LogP contribution in [0, 0.1) is 5.82 Å². The predicted octanol–water partition coefficient (Wildman–Crippen LogP) is 4.28. The van der Waals surface area contributed by atoms with Crippen LogP contribution in [0.5, 0.6) is 0 Å². The molecule has 0 spiro atoms. The van der Waals surface area contributed by atoms with Crippen molar-refractivity contribution in [2.45, 2.75) is 5.88 Å². The average molecular weight is 256 g/mol. The van der Waals surface area contributed by atoms with E-state index in [-0.39, 0.29) is 16.9 Å². The molecule has 1 aromatic heterocycles. The third-order valence-corrected chi connectivity index (χ3v) is 2.77. The second-order valence-corrected chi connectivity index (χ2v) is 3.88. The zero-order chi connectivity index (χ0) is 11.5. The Labute approximate surface area is 103 Å². The van der Waals surface area contributed by atoms with E-state index < -0.39 is 0 Å². The third-order valence-electron chi connectivity index (χ3n) is 2.21. The fourth-order valence-electron chi connectivity index (χ4n) is 1.43. The SMILES string of the molecule is Fc1ccccc1-c1ccc(CCl)nc1Cl. The summed E-state index contributed by atoms with van der Waals surface area (Å²) >= 11 is 11.6. The summed E-state index contributed by atoms with van der Waals surface area (Å²) in [5, 5.41) is 0.267. The van der Waals surface area contributed by atoms with Crippen LogP contribution in [0.1, 0.15) is 5.69 Å². The van der Waals surface area contributed by atoms with Crippen LogP contribution >= 0.6 is 23.2 Å². The summed E-state index contributed by atoms with van der Waals surface area (Å²) in [6.45, 7) is 0. The molecule has 0 amide bonds. The second kappa shape index (κ2) is 4.81. The lowest BCUT2D eigenvalue weighted by Crippen LogP contribution is -1.90. The molecular formula is C12H8Cl2FN. The lowest BCUT2D eigenvalue weighted by atomic mass is 10.1. The van der Waals surface area contributed by atoms with Gasteiger partial charge in [-0.3, -0.25) is 0 Å². The maximum atomic E-state index is 13.5. The van der Waals surface area contributed by atoms with E-state index >= 15 is 0 Å². The molecule has 0 N–H and O–H groups in total. The molecule has 0 unspecified atom stereocenters. The molecule has 82 valence electrons. The molecule has 2 rings (SSSR count). The van der Waals surface area contributed by atoms with Crippen LogP contribution in [0.3, 0.4) is 0 Å². The lowest BCUT2D eigenvalue weighted by molar-refractivity contribution is 0.631. The van der Waals surface area contributed by atoms with Crippen LogP contribution < -0.4 is 0 Å². The number of aromatic nitrogens is 1. The molecule has 0 aliphatic rings. The maximum Gasteiger partial charge on any atom is 0.137 e. The molecule has 16 heavy (non-hydrogen) atoms. The quantitative estimate of drug-likeness (QED) is 0.577. The van der Waals surface area contributed by atoms with Crippen molar-refractivity contribution in [2.75, 3.05) is 0 Å². The molecule has 0 bridgehead atoms. The average Bonchev–Trinajstić information content (AvgIpc) is 2.30. The fourth-order valence-corrected chi connectivity index (χ4v) is 1.85. The van der Waals surface area contributed by atoms with Gasteiger partial charge in [-0.25, -0.2) is 9.37 Å². The van der Waals surface area contributed by atoms with Crippen LogP contribution in [0.25, 0.3) is 11.1 Å². The summed E-state index contributed by atoms with van der Waals surface area (Å²) < 4.78 is 13.5. The van der Waals surface area contributed by atoms with Crippen molar-refractivity contribution in [3.63, 3.8) is 0 Å². The Morgan fingerprint density at radius 1 is 1.06 bits per heavy atom. The number of hydrogen-bond acceptors (Lipinski definition) is 1. The van der Waals surface area contributed by atoms with Crippen LogP contribution in [0.2, 0.25) is 5.15 Å². The zero-order valence-electron chi connectivity index (χ0n) is 8.25. The maximum absolute atomic E-state index is 13.5.